The fourth-order valence-electron chi connectivity index (χ4n) is 3.76. The molecule has 1 aliphatic heterocycles. The average molecular weight is 395 g/mol. The number of nitrogens with one attached hydrogen (secondary N) is 1. The summed E-state index contributed by atoms with van der Waals surface area (Å²) in [6.45, 7) is 16.3. The third-order valence-electron chi connectivity index (χ3n) is 5.35. The van der Waals surface area contributed by atoms with E-state index >= 15 is 0 Å². The zero-order valence-electron chi connectivity index (χ0n) is 17.6. The van der Waals surface area contributed by atoms with Gasteiger partial charge < -0.3 is 15.1 Å². The molecule has 0 bridgehead atoms. The Morgan fingerprint density at radius 2 is 1.93 bits per heavy atom. The van der Waals surface area contributed by atoms with Gasteiger partial charge in [-0.25, -0.2) is 4.79 Å². The molecule has 27 heavy (non-hydrogen) atoms. The van der Waals surface area contributed by atoms with Crippen molar-refractivity contribution in [2.24, 2.45) is 5.92 Å². The molecule has 6 heteroatoms. The minimum Gasteiger partial charge on any atom is -0.336 e. The van der Waals surface area contributed by atoms with Gasteiger partial charge in [-0.1, -0.05) is 33.8 Å². The van der Waals surface area contributed by atoms with E-state index in [1.807, 2.05) is 4.90 Å². The third-order valence-corrected chi connectivity index (χ3v) is 6.33. The fourth-order valence-corrected chi connectivity index (χ4v) is 4.62. The Balaban J connectivity index is 1.95. The van der Waals surface area contributed by atoms with E-state index in [-0.39, 0.29) is 6.03 Å². The van der Waals surface area contributed by atoms with E-state index in [2.05, 4.69) is 60.3 Å². The van der Waals surface area contributed by atoms with E-state index in [1.165, 1.54) is 17.7 Å². The summed E-state index contributed by atoms with van der Waals surface area (Å²) in [5.41, 5.74) is 0. The molecular formula is C21H38N4OS. The topological polar surface area (TPSA) is 38.8 Å². The number of urea groups is 1. The van der Waals surface area contributed by atoms with Crippen LogP contribution in [0.25, 0.3) is 0 Å². The van der Waals surface area contributed by atoms with Crippen LogP contribution in [0.2, 0.25) is 0 Å². The van der Waals surface area contributed by atoms with Crippen LogP contribution in [-0.2, 0) is 0 Å². The standard InChI is InChI=1S/C21H38N4OS/c1-5-23(6-2)13-14-25(17-18(3)4)21(26)22-16-19(20-10-9-15-27-20)24-11-7-8-12-24/h9-10,15,18-19H,5-8,11-14,16-17H2,1-4H3,(H,22,26). The number of hydrogen-bond acceptors (Lipinski definition) is 4. The summed E-state index contributed by atoms with van der Waals surface area (Å²) in [6.07, 6.45) is 2.53. The molecule has 1 fully saturated rings. The Hall–Kier alpha value is -1.11. The van der Waals surface area contributed by atoms with Crippen LogP contribution >= 0.6 is 11.3 Å². The molecule has 1 unspecified atom stereocenters. The Kier molecular flexibility index (Phi) is 9.59. The lowest BCUT2D eigenvalue weighted by atomic mass is 10.2. The van der Waals surface area contributed by atoms with Crippen molar-refractivity contribution in [1.29, 1.82) is 0 Å². The summed E-state index contributed by atoms with van der Waals surface area (Å²) in [4.78, 5) is 21.2. The van der Waals surface area contributed by atoms with Crippen LogP contribution in [0.5, 0.6) is 0 Å². The lowest BCUT2D eigenvalue weighted by molar-refractivity contribution is 0.171. The van der Waals surface area contributed by atoms with Gasteiger partial charge in [-0.05, 0) is 56.4 Å². The Morgan fingerprint density at radius 1 is 1.22 bits per heavy atom. The van der Waals surface area contributed by atoms with Gasteiger partial charge >= 0.3 is 6.03 Å². The van der Waals surface area contributed by atoms with Crippen molar-refractivity contribution in [2.75, 3.05) is 52.4 Å². The zero-order valence-corrected chi connectivity index (χ0v) is 18.4. The van der Waals surface area contributed by atoms with Crippen molar-refractivity contribution in [1.82, 2.24) is 20.0 Å². The van der Waals surface area contributed by atoms with Crippen molar-refractivity contribution in [3.63, 3.8) is 0 Å². The molecule has 1 aliphatic rings. The van der Waals surface area contributed by atoms with Gasteiger partial charge in [0.1, 0.15) is 0 Å². The van der Waals surface area contributed by atoms with Gasteiger partial charge in [0.05, 0.1) is 6.04 Å². The van der Waals surface area contributed by atoms with Crippen LogP contribution in [0.3, 0.4) is 0 Å². The predicted octanol–water partition coefficient (Wildman–Crippen LogP) is 3.89. The number of nitrogens with zero attached hydrogens (tertiary/aromatic N) is 3. The molecule has 154 valence electrons. The summed E-state index contributed by atoms with van der Waals surface area (Å²) >= 11 is 1.80. The van der Waals surface area contributed by atoms with Crippen LogP contribution in [0.1, 0.15) is 51.5 Å². The van der Waals surface area contributed by atoms with E-state index in [4.69, 9.17) is 0 Å². The fraction of sp³-hybridized carbons (Fsp3) is 0.762. The normalized spacial score (nSPS) is 16.2. The maximum absolute atomic E-state index is 12.9. The summed E-state index contributed by atoms with van der Waals surface area (Å²) in [5.74, 6) is 0.471. The SMILES string of the molecule is CCN(CC)CCN(CC(C)C)C(=O)NCC(c1cccs1)N1CCCC1. The predicted molar refractivity (Wildman–Crippen MR) is 115 cm³/mol. The number of carbonyl (C=O) groups is 1. The lowest BCUT2D eigenvalue weighted by Gasteiger charge is -2.30. The molecule has 0 saturated carbocycles. The van der Waals surface area contributed by atoms with Gasteiger partial charge in [0.15, 0.2) is 0 Å². The highest BCUT2D eigenvalue weighted by Crippen LogP contribution is 2.27. The Morgan fingerprint density at radius 3 is 2.48 bits per heavy atom. The molecule has 0 aliphatic carbocycles. The van der Waals surface area contributed by atoms with Gasteiger partial charge in [0, 0.05) is 31.1 Å². The quantitative estimate of drug-likeness (QED) is 0.619. The number of amides is 2. The number of carbonyl (C=O) groups excluding carboxylic acids is 1. The summed E-state index contributed by atoms with van der Waals surface area (Å²) < 4.78 is 0. The largest absolute Gasteiger partial charge is 0.336 e. The van der Waals surface area contributed by atoms with Gasteiger partial charge in [-0.15, -0.1) is 11.3 Å². The average Bonchev–Trinajstić information content (AvgIpc) is 3.35. The molecule has 0 aromatic carbocycles. The highest BCUT2D eigenvalue weighted by molar-refractivity contribution is 7.10. The molecule has 2 rings (SSSR count). The number of likely N-dealkylation sites (tertiary alicyclic amines) is 1. The molecule has 5 nitrogen and oxygen atoms in total. The van der Waals surface area contributed by atoms with Gasteiger partial charge in [0.2, 0.25) is 0 Å². The van der Waals surface area contributed by atoms with Crippen molar-refractivity contribution in [3.05, 3.63) is 22.4 Å². The minimum atomic E-state index is 0.0802. The summed E-state index contributed by atoms with van der Waals surface area (Å²) in [6, 6.07) is 4.70. The maximum atomic E-state index is 12.9. The second kappa shape index (κ2) is 11.7. The van der Waals surface area contributed by atoms with E-state index in [9.17, 15) is 4.79 Å². The zero-order chi connectivity index (χ0) is 19.6. The number of hydrogen-bond donors (Lipinski definition) is 1. The van der Waals surface area contributed by atoms with Gasteiger partial charge in [-0.2, -0.15) is 0 Å². The molecular weight excluding hydrogens is 356 g/mol. The molecule has 1 saturated heterocycles. The monoisotopic (exact) mass is 394 g/mol. The van der Waals surface area contributed by atoms with E-state index in [0.717, 1.165) is 45.8 Å². The van der Waals surface area contributed by atoms with Crippen molar-refractivity contribution < 1.29 is 4.79 Å². The first kappa shape index (κ1) is 22.2. The third kappa shape index (κ3) is 7.09. The number of thiophene rings is 1. The molecule has 0 radical (unpaired) electrons. The first-order valence-corrected chi connectivity index (χ1v) is 11.5. The van der Waals surface area contributed by atoms with Gasteiger partial charge in [-0.3, -0.25) is 4.90 Å². The van der Waals surface area contributed by atoms with Gasteiger partial charge in [0.25, 0.3) is 0 Å². The molecule has 1 aromatic rings. The lowest BCUT2D eigenvalue weighted by Crippen LogP contribution is -2.47. The molecule has 1 aromatic heterocycles. The van der Waals surface area contributed by atoms with Crippen LogP contribution in [0, 0.1) is 5.92 Å². The second-order valence-corrected chi connectivity index (χ2v) is 8.81. The summed E-state index contributed by atoms with van der Waals surface area (Å²) in [5, 5.41) is 5.38. The molecule has 0 spiro atoms. The van der Waals surface area contributed by atoms with Crippen molar-refractivity contribution in [3.8, 4) is 0 Å². The first-order chi connectivity index (χ1) is 13.0. The van der Waals surface area contributed by atoms with E-state index < -0.39 is 0 Å². The Labute approximate surface area is 169 Å². The highest BCUT2D eigenvalue weighted by Gasteiger charge is 2.25. The van der Waals surface area contributed by atoms with E-state index in [0.29, 0.717) is 18.5 Å². The van der Waals surface area contributed by atoms with Crippen molar-refractivity contribution in [2.45, 2.75) is 46.6 Å². The molecule has 1 N–H and O–H groups in total. The van der Waals surface area contributed by atoms with Crippen LogP contribution in [-0.4, -0.2) is 73.1 Å². The minimum absolute atomic E-state index is 0.0802. The van der Waals surface area contributed by atoms with Crippen molar-refractivity contribution >= 4 is 17.4 Å². The molecule has 1 atom stereocenters. The second-order valence-electron chi connectivity index (χ2n) is 7.83. The molecule has 2 heterocycles. The highest BCUT2D eigenvalue weighted by atomic mass is 32.1. The molecule has 2 amide bonds. The Bertz CT molecular complexity index is 524. The number of likely N-dealkylation sites (N-methyl/N-ethyl adjacent to an activating group) is 1. The maximum Gasteiger partial charge on any atom is 0.317 e. The van der Waals surface area contributed by atoms with Crippen LogP contribution < -0.4 is 5.32 Å². The number of rotatable bonds is 11. The first-order valence-electron chi connectivity index (χ1n) is 10.6. The van der Waals surface area contributed by atoms with Crippen LogP contribution in [0.4, 0.5) is 4.79 Å². The smallest absolute Gasteiger partial charge is 0.317 e. The van der Waals surface area contributed by atoms with Crippen LogP contribution in [0.15, 0.2) is 17.5 Å². The van der Waals surface area contributed by atoms with E-state index in [1.54, 1.807) is 11.3 Å². The summed E-state index contributed by atoms with van der Waals surface area (Å²) in [7, 11) is 0.